The summed E-state index contributed by atoms with van der Waals surface area (Å²) in [6.45, 7) is 4.15. The molecule has 2 heterocycles. The topological polar surface area (TPSA) is 53.5 Å². The zero-order valence-corrected chi connectivity index (χ0v) is 13.9. The van der Waals surface area contributed by atoms with E-state index in [1.54, 1.807) is 35.6 Å². The lowest BCUT2D eigenvalue weighted by atomic mass is 10.3. The summed E-state index contributed by atoms with van der Waals surface area (Å²) < 4.78 is 24.6. The largest absolute Gasteiger partial charge is 0.346 e. The van der Waals surface area contributed by atoms with Gasteiger partial charge in [0.25, 0.3) is 0 Å². The summed E-state index contributed by atoms with van der Waals surface area (Å²) in [6, 6.07) is 8.68. The molecular formula is C15H19N3O2S2. The number of sulfone groups is 1. The Bertz CT molecular complexity index is 679. The van der Waals surface area contributed by atoms with Gasteiger partial charge < -0.3 is 4.90 Å². The minimum Gasteiger partial charge on any atom is -0.346 e. The third-order valence-corrected chi connectivity index (χ3v) is 6.38. The predicted octanol–water partition coefficient (Wildman–Crippen LogP) is 1.74. The lowest BCUT2D eigenvalue weighted by Gasteiger charge is -2.34. The maximum Gasteiger partial charge on any atom is 0.185 e. The van der Waals surface area contributed by atoms with Gasteiger partial charge in [-0.05, 0) is 12.1 Å². The van der Waals surface area contributed by atoms with Gasteiger partial charge in [0.15, 0.2) is 15.0 Å². The van der Waals surface area contributed by atoms with Crippen molar-refractivity contribution in [3.8, 4) is 0 Å². The lowest BCUT2D eigenvalue weighted by Crippen LogP contribution is -2.47. The van der Waals surface area contributed by atoms with Crippen LogP contribution in [0.3, 0.4) is 0 Å². The van der Waals surface area contributed by atoms with Crippen LogP contribution in [0.5, 0.6) is 0 Å². The third kappa shape index (κ3) is 3.66. The first-order valence-electron chi connectivity index (χ1n) is 7.30. The fraction of sp³-hybridized carbons (Fsp3) is 0.400. The van der Waals surface area contributed by atoms with Crippen molar-refractivity contribution in [2.45, 2.75) is 4.90 Å². The van der Waals surface area contributed by atoms with Gasteiger partial charge >= 0.3 is 0 Å². The van der Waals surface area contributed by atoms with Crippen molar-refractivity contribution in [3.63, 3.8) is 0 Å². The average Bonchev–Trinajstić information content (AvgIpc) is 3.09. The molecule has 0 spiro atoms. The highest BCUT2D eigenvalue weighted by Gasteiger charge is 2.21. The first kappa shape index (κ1) is 15.5. The van der Waals surface area contributed by atoms with E-state index in [1.807, 2.05) is 17.6 Å². The number of benzene rings is 1. The average molecular weight is 337 g/mol. The number of nitrogens with zero attached hydrogens (tertiary/aromatic N) is 3. The van der Waals surface area contributed by atoms with Crippen molar-refractivity contribution in [1.82, 2.24) is 9.88 Å². The number of hydrogen-bond donors (Lipinski definition) is 0. The molecule has 0 amide bonds. The molecule has 1 fully saturated rings. The van der Waals surface area contributed by atoms with Crippen molar-refractivity contribution < 1.29 is 8.42 Å². The van der Waals surface area contributed by atoms with Crippen LogP contribution < -0.4 is 4.90 Å². The number of hydrogen-bond acceptors (Lipinski definition) is 6. The summed E-state index contributed by atoms with van der Waals surface area (Å²) in [5.74, 6) is 0.175. The smallest absolute Gasteiger partial charge is 0.185 e. The highest BCUT2D eigenvalue weighted by molar-refractivity contribution is 7.91. The van der Waals surface area contributed by atoms with Crippen molar-refractivity contribution in [2.24, 2.45) is 0 Å². The molecule has 0 saturated carbocycles. The van der Waals surface area contributed by atoms with E-state index in [0.29, 0.717) is 11.4 Å². The number of thiazole rings is 1. The molecule has 1 aliphatic heterocycles. The highest BCUT2D eigenvalue weighted by atomic mass is 32.2. The van der Waals surface area contributed by atoms with Gasteiger partial charge in [0.05, 0.1) is 10.6 Å². The van der Waals surface area contributed by atoms with Crippen LogP contribution in [0, 0.1) is 0 Å². The molecule has 2 aromatic rings. The zero-order valence-electron chi connectivity index (χ0n) is 12.3. The second kappa shape index (κ2) is 6.76. The van der Waals surface area contributed by atoms with E-state index in [0.717, 1.165) is 31.3 Å². The molecular weight excluding hydrogens is 318 g/mol. The van der Waals surface area contributed by atoms with Crippen LogP contribution in [0.1, 0.15) is 0 Å². The number of anilines is 1. The maximum absolute atomic E-state index is 12.3. The predicted molar refractivity (Wildman–Crippen MR) is 89.3 cm³/mol. The van der Waals surface area contributed by atoms with Crippen LogP contribution in [0.25, 0.3) is 0 Å². The second-order valence-electron chi connectivity index (χ2n) is 5.28. The third-order valence-electron chi connectivity index (χ3n) is 3.84. The van der Waals surface area contributed by atoms with Gasteiger partial charge in [-0.2, -0.15) is 0 Å². The van der Waals surface area contributed by atoms with Crippen LogP contribution in [0.4, 0.5) is 5.13 Å². The summed E-state index contributed by atoms with van der Waals surface area (Å²) >= 11 is 1.65. The van der Waals surface area contributed by atoms with Crippen LogP contribution in [-0.4, -0.2) is 56.8 Å². The van der Waals surface area contributed by atoms with Crippen molar-refractivity contribution in [2.75, 3.05) is 43.4 Å². The van der Waals surface area contributed by atoms with Gasteiger partial charge in [-0.3, -0.25) is 4.90 Å². The summed E-state index contributed by atoms with van der Waals surface area (Å²) in [5, 5.41) is 3.03. The molecule has 7 heteroatoms. The molecule has 0 radical (unpaired) electrons. The van der Waals surface area contributed by atoms with Gasteiger partial charge in [0, 0.05) is 44.3 Å². The number of aromatic nitrogens is 1. The van der Waals surface area contributed by atoms with Crippen molar-refractivity contribution in [3.05, 3.63) is 41.9 Å². The standard InChI is InChI=1S/C15H19N3O2S2/c19-22(20,14-4-2-1-3-5-14)13-11-17-7-9-18(10-8-17)15-16-6-12-21-15/h1-6,12H,7-11,13H2. The van der Waals surface area contributed by atoms with E-state index in [2.05, 4.69) is 14.8 Å². The molecule has 0 unspecified atom stereocenters. The minimum absolute atomic E-state index is 0.175. The van der Waals surface area contributed by atoms with Gasteiger partial charge in [0.1, 0.15) is 0 Å². The quantitative estimate of drug-likeness (QED) is 0.832. The normalized spacial score (nSPS) is 16.8. The zero-order chi connectivity index (χ0) is 15.4. The monoisotopic (exact) mass is 337 g/mol. The SMILES string of the molecule is O=S(=O)(CCN1CCN(c2nccs2)CC1)c1ccccc1. The van der Waals surface area contributed by atoms with Crippen molar-refractivity contribution in [1.29, 1.82) is 0 Å². The molecule has 22 heavy (non-hydrogen) atoms. The van der Waals surface area contributed by atoms with E-state index in [4.69, 9.17) is 0 Å². The Balaban J connectivity index is 1.51. The fourth-order valence-electron chi connectivity index (χ4n) is 2.53. The van der Waals surface area contributed by atoms with E-state index in [9.17, 15) is 8.42 Å². The summed E-state index contributed by atoms with van der Waals surface area (Å²) in [6.07, 6.45) is 1.82. The van der Waals surface area contributed by atoms with Gasteiger partial charge in [-0.25, -0.2) is 13.4 Å². The van der Waals surface area contributed by atoms with Gasteiger partial charge in [-0.15, -0.1) is 11.3 Å². The first-order valence-corrected chi connectivity index (χ1v) is 9.83. The molecule has 1 saturated heterocycles. The Hall–Kier alpha value is -1.44. The molecule has 1 aromatic carbocycles. The van der Waals surface area contributed by atoms with Crippen LogP contribution in [-0.2, 0) is 9.84 Å². The Labute approximate surface area is 135 Å². The van der Waals surface area contributed by atoms with E-state index >= 15 is 0 Å². The van der Waals surface area contributed by atoms with Gasteiger partial charge in [0.2, 0.25) is 0 Å². The number of rotatable bonds is 5. The fourth-order valence-corrected chi connectivity index (χ4v) is 4.53. The molecule has 0 atom stereocenters. The summed E-state index contributed by atoms with van der Waals surface area (Å²) in [5.41, 5.74) is 0. The Morgan fingerprint density at radius 3 is 2.45 bits per heavy atom. The Morgan fingerprint density at radius 2 is 1.82 bits per heavy atom. The molecule has 1 aliphatic rings. The maximum atomic E-state index is 12.3. The van der Waals surface area contributed by atoms with Crippen LogP contribution in [0.2, 0.25) is 0 Å². The van der Waals surface area contributed by atoms with E-state index in [-0.39, 0.29) is 5.75 Å². The van der Waals surface area contributed by atoms with E-state index < -0.39 is 9.84 Å². The Kier molecular flexibility index (Phi) is 4.75. The molecule has 0 bridgehead atoms. The van der Waals surface area contributed by atoms with Crippen LogP contribution in [0.15, 0.2) is 46.8 Å². The van der Waals surface area contributed by atoms with Crippen molar-refractivity contribution >= 4 is 26.3 Å². The molecule has 5 nitrogen and oxygen atoms in total. The molecule has 0 aliphatic carbocycles. The van der Waals surface area contributed by atoms with Gasteiger partial charge in [-0.1, -0.05) is 18.2 Å². The minimum atomic E-state index is -3.18. The highest BCUT2D eigenvalue weighted by Crippen LogP contribution is 2.19. The molecule has 118 valence electrons. The number of piperazine rings is 1. The summed E-state index contributed by atoms with van der Waals surface area (Å²) in [4.78, 5) is 9.20. The Morgan fingerprint density at radius 1 is 1.09 bits per heavy atom. The lowest BCUT2D eigenvalue weighted by molar-refractivity contribution is 0.272. The molecule has 1 aromatic heterocycles. The molecule has 0 N–H and O–H groups in total. The first-order chi connectivity index (χ1) is 10.6. The van der Waals surface area contributed by atoms with Crippen LogP contribution >= 0.6 is 11.3 Å². The summed E-state index contributed by atoms with van der Waals surface area (Å²) in [7, 11) is -3.18. The molecule has 3 rings (SSSR count). The second-order valence-corrected chi connectivity index (χ2v) is 8.26. The van der Waals surface area contributed by atoms with E-state index in [1.165, 1.54) is 0 Å².